The van der Waals surface area contributed by atoms with Crippen molar-refractivity contribution >= 4 is 5.91 Å². The first-order chi connectivity index (χ1) is 12.6. The zero-order chi connectivity index (χ0) is 18.7. The maximum absolute atomic E-state index is 13.4. The van der Waals surface area contributed by atoms with Gasteiger partial charge in [-0.25, -0.2) is 0 Å². The second-order valence-electron chi connectivity index (χ2n) is 7.03. The Bertz CT molecular complexity index is 652. The molecule has 1 aromatic rings. The molecule has 1 unspecified atom stereocenters. The van der Waals surface area contributed by atoms with E-state index in [4.69, 9.17) is 14.2 Å². The van der Waals surface area contributed by atoms with Gasteiger partial charge in [0.2, 0.25) is 5.91 Å². The highest BCUT2D eigenvalue weighted by Gasteiger charge is 2.44. The van der Waals surface area contributed by atoms with Gasteiger partial charge in [0.05, 0.1) is 32.8 Å². The molecule has 2 heterocycles. The normalized spacial score (nSPS) is 21.8. The van der Waals surface area contributed by atoms with Crippen molar-refractivity contribution in [3.8, 4) is 11.5 Å². The van der Waals surface area contributed by atoms with E-state index in [0.29, 0.717) is 30.2 Å². The third-order valence-electron chi connectivity index (χ3n) is 5.51. The number of piperidine rings is 1. The molecule has 0 radical (unpaired) electrons. The minimum Gasteiger partial charge on any atom is -0.496 e. The summed E-state index contributed by atoms with van der Waals surface area (Å²) in [6, 6.07) is 3.60. The zero-order valence-electron chi connectivity index (χ0n) is 15.7. The molecular weight excluding hydrogens is 336 g/mol. The number of aliphatic hydroxyl groups is 1. The molecule has 7 nitrogen and oxygen atoms in total. The summed E-state index contributed by atoms with van der Waals surface area (Å²) in [6.45, 7) is 2.61. The summed E-state index contributed by atoms with van der Waals surface area (Å²) in [7, 11) is 4.80. The van der Waals surface area contributed by atoms with E-state index < -0.39 is 11.5 Å². The molecular formula is C19H28N2O5. The number of nitrogens with one attached hydrogen (secondary N) is 1. The molecule has 2 aliphatic rings. The minimum absolute atomic E-state index is 0.0374. The molecule has 1 fully saturated rings. The first kappa shape index (κ1) is 18.9. The van der Waals surface area contributed by atoms with Crippen LogP contribution < -0.4 is 14.8 Å². The standard InChI is InChI=1S/C19H28N2O5/c1-24-12-19(6-8-20-9-7-19)18(23)21-10-13-15(25-2)4-5-16(26-3)17(13)14(22)11-21/h4-5,14,20,22H,6-12H2,1-3H3. The number of aliphatic hydroxyl groups excluding tert-OH is 1. The molecule has 1 amide bonds. The number of hydrogen-bond acceptors (Lipinski definition) is 6. The van der Waals surface area contributed by atoms with E-state index >= 15 is 0 Å². The molecule has 1 saturated heterocycles. The van der Waals surface area contributed by atoms with Crippen molar-refractivity contribution in [2.24, 2.45) is 5.41 Å². The molecule has 0 aliphatic carbocycles. The summed E-state index contributed by atoms with van der Waals surface area (Å²) in [5.41, 5.74) is 0.978. The van der Waals surface area contributed by atoms with Gasteiger partial charge >= 0.3 is 0 Å². The van der Waals surface area contributed by atoms with Gasteiger partial charge in [-0.2, -0.15) is 0 Å². The number of carbonyl (C=O) groups is 1. The van der Waals surface area contributed by atoms with Crippen LogP contribution in [-0.4, -0.2) is 63.5 Å². The van der Waals surface area contributed by atoms with Crippen molar-refractivity contribution in [3.05, 3.63) is 23.3 Å². The molecule has 2 aliphatic heterocycles. The van der Waals surface area contributed by atoms with E-state index in [1.807, 2.05) is 6.07 Å². The van der Waals surface area contributed by atoms with E-state index in [-0.39, 0.29) is 12.5 Å². The van der Waals surface area contributed by atoms with Crippen LogP contribution in [0.4, 0.5) is 0 Å². The number of carbonyl (C=O) groups excluding carboxylic acids is 1. The van der Waals surface area contributed by atoms with Crippen LogP contribution in [0.1, 0.15) is 30.1 Å². The SMILES string of the molecule is COCC1(C(=O)N2Cc3c(OC)ccc(OC)c3C(O)C2)CCNCC1. The summed E-state index contributed by atoms with van der Waals surface area (Å²) >= 11 is 0. The Labute approximate surface area is 154 Å². The summed E-state index contributed by atoms with van der Waals surface area (Å²) in [5.74, 6) is 1.31. The summed E-state index contributed by atoms with van der Waals surface area (Å²) < 4.78 is 16.3. The number of rotatable bonds is 5. The Morgan fingerprint density at radius 2 is 1.88 bits per heavy atom. The van der Waals surface area contributed by atoms with Gasteiger partial charge in [-0.05, 0) is 38.1 Å². The van der Waals surface area contributed by atoms with Crippen molar-refractivity contribution in [2.75, 3.05) is 47.6 Å². The Morgan fingerprint density at radius 3 is 2.50 bits per heavy atom. The van der Waals surface area contributed by atoms with E-state index in [2.05, 4.69) is 5.32 Å². The number of benzene rings is 1. The number of hydrogen-bond donors (Lipinski definition) is 2. The molecule has 0 aromatic heterocycles. The molecule has 2 N–H and O–H groups in total. The van der Waals surface area contributed by atoms with Gasteiger partial charge in [0.1, 0.15) is 17.6 Å². The average Bonchev–Trinajstić information content (AvgIpc) is 2.67. The second kappa shape index (κ2) is 7.82. The molecule has 3 rings (SSSR count). The fourth-order valence-corrected chi connectivity index (χ4v) is 4.17. The molecule has 144 valence electrons. The fourth-order valence-electron chi connectivity index (χ4n) is 4.17. The molecule has 0 spiro atoms. The molecule has 0 saturated carbocycles. The lowest BCUT2D eigenvalue weighted by molar-refractivity contribution is -0.150. The molecule has 0 bridgehead atoms. The van der Waals surface area contributed by atoms with Crippen molar-refractivity contribution in [1.82, 2.24) is 10.2 Å². The van der Waals surface area contributed by atoms with Crippen LogP contribution >= 0.6 is 0 Å². The van der Waals surface area contributed by atoms with E-state index in [9.17, 15) is 9.90 Å². The van der Waals surface area contributed by atoms with Crippen LogP contribution in [0.25, 0.3) is 0 Å². The van der Waals surface area contributed by atoms with Gasteiger partial charge < -0.3 is 29.5 Å². The highest BCUT2D eigenvalue weighted by atomic mass is 16.5. The van der Waals surface area contributed by atoms with Crippen LogP contribution in [0.3, 0.4) is 0 Å². The Hall–Kier alpha value is -1.83. The fraction of sp³-hybridized carbons (Fsp3) is 0.632. The number of fused-ring (bicyclic) bond motifs is 1. The van der Waals surface area contributed by atoms with Crippen LogP contribution in [0.15, 0.2) is 12.1 Å². The third kappa shape index (κ3) is 3.26. The summed E-state index contributed by atoms with van der Waals surface area (Å²) in [4.78, 5) is 15.1. The maximum Gasteiger partial charge on any atom is 0.231 e. The molecule has 1 aromatic carbocycles. The number of nitrogens with zero attached hydrogens (tertiary/aromatic N) is 1. The van der Waals surface area contributed by atoms with Gasteiger partial charge in [-0.1, -0.05) is 0 Å². The molecule has 7 heteroatoms. The topological polar surface area (TPSA) is 80.3 Å². The number of methoxy groups -OCH3 is 3. The van der Waals surface area contributed by atoms with Crippen molar-refractivity contribution in [1.29, 1.82) is 0 Å². The maximum atomic E-state index is 13.4. The van der Waals surface area contributed by atoms with Gasteiger partial charge in [-0.3, -0.25) is 4.79 Å². The average molecular weight is 364 g/mol. The van der Waals surface area contributed by atoms with Crippen molar-refractivity contribution < 1.29 is 24.1 Å². The predicted octanol–water partition coefficient (Wildman–Crippen LogP) is 1.10. The molecule has 26 heavy (non-hydrogen) atoms. The van der Waals surface area contributed by atoms with Gasteiger partial charge in [0, 0.05) is 24.8 Å². The molecule has 1 atom stereocenters. The Morgan fingerprint density at radius 1 is 1.23 bits per heavy atom. The third-order valence-corrected chi connectivity index (χ3v) is 5.51. The lowest BCUT2D eigenvalue weighted by Crippen LogP contribution is -2.53. The first-order valence-electron chi connectivity index (χ1n) is 8.97. The van der Waals surface area contributed by atoms with Gasteiger partial charge in [0.25, 0.3) is 0 Å². The number of amides is 1. The first-order valence-corrected chi connectivity index (χ1v) is 8.97. The quantitative estimate of drug-likeness (QED) is 0.814. The monoisotopic (exact) mass is 364 g/mol. The van der Waals surface area contributed by atoms with Crippen molar-refractivity contribution in [3.63, 3.8) is 0 Å². The lowest BCUT2D eigenvalue weighted by atomic mass is 9.77. The predicted molar refractivity (Wildman–Crippen MR) is 96.3 cm³/mol. The smallest absolute Gasteiger partial charge is 0.231 e. The van der Waals surface area contributed by atoms with Gasteiger partial charge in [-0.15, -0.1) is 0 Å². The zero-order valence-corrected chi connectivity index (χ0v) is 15.7. The number of ether oxygens (including phenoxy) is 3. The highest BCUT2D eigenvalue weighted by Crippen LogP contribution is 2.41. The highest BCUT2D eigenvalue weighted by molar-refractivity contribution is 5.83. The van der Waals surface area contributed by atoms with Crippen LogP contribution in [-0.2, 0) is 16.1 Å². The van der Waals surface area contributed by atoms with Crippen LogP contribution in [0, 0.1) is 5.41 Å². The summed E-state index contributed by atoms with van der Waals surface area (Å²) in [5, 5.41) is 14.1. The lowest BCUT2D eigenvalue weighted by Gasteiger charge is -2.42. The Balaban J connectivity index is 1.93. The van der Waals surface area contributed by atoms with Gasteiger partial charge in [0.15, 0.2) is 0 Å². The van der Waals surface area contributed by atoms with E-state index in [1.165, 1.54) is 0 Å². The van der Waals surface area contributed by atoms with Crippen molar-refractivity contribution in [2.45, 2.75) is 25.5 Å². The minimum atomic E-state index is -0.811. The largest absolute Gasteiger partial charge is 0.496 e. The van der Waals surface area contributed by atoms with E-state index in [0.717, 1.165) is 31.5 Å². The van der Waals surface area contributed by atoms with E-state index in [1.54, 1.807) is 32.3 Å². The number of β-amino-alcohol motifs (C(OH)–C–C–N with tert-alkyl or cyclic N) is 1. The van der Waals surface area contributed by atoms with Crippen LogP contribution in [0.2, 0.25) is 0 Å². The summed E-state index contributed by atoms with van der Waals surface area (Å²) in [6.07, 6.45) is 0.650. The second-order valence-corrected chi connectivity index (χ2v) is 7.03. The van der Waals surface area contributed by atoms with Crippen LogP contribution in [0.5, 0.6) is 11.5 Å². The Kier molecular flexibility index (Phi) is 5.70.